The van der Waals surface area contributed by atoms with E-state index in [9.17, 15) is 0 Å². The Kier molecular flexibility index (Phi) is 2.98. The predicted molar refractivity (Wildman–Crippen MR) is 62.9 cm³/mol. The molecule has 3 rings (SSSR count). The second-order valence-corrected chi connectivity index (χ2v) is 5.87. The van der Waals surface area contributed by atoms with Crippen LogP contribution in [0.5, 0.6) is 0 Å². The molecule has 3 aliphatic carbocycles. The molecule has 0 saturated heterocycles. The zero-order valence-electron chi connectivity index (χ0n) is 9.75. The van der Waals surface area contributed by atoms with E-state index in [1.807, 2.05) is 0 Å². The normalized spacial score (nSPS) is 26.2. The van der Waals surface area contributed by atoms with Crippen molar-refractivity contribution in [2.24, 2.45) is 11.8 Å². The van der Waals surface area contributed by atoms with Crippen molar-refractivity contribution in [3.8, 4) is 0 Å². The Bertz CT molecular complexity index is 191. The van der Waals surface area contributed by atoms with Crippen molar-refractivity contribution in [1.82, 2.24) is 10.2 Å². The summed E-state index contributed by atoms with van der Waals surface area (Å²) in [6.45, 7) is 5.30. The summed E-state index contributed by atoms with van der Waals surface area (Å²) in [4.78, 5) is 2.73. The highest BCUT2D eigenvalue weighted by atomic mass is 15.2. The zero-order chi connectivity index (χ0) is 10.1. The molecule has 3 saturated carbocycles. The number of nitrogens with zero attached hydrogens (tertiary/aromatic N) is 1. The van der Waals surface area contributed by atoms with Crippen molar-refractivity contribution < 1.29 is 0 Å². The van der Waals surface area contributed by atoms with Gasteiger partial charge in [0.15, 0.2) is 0 Å². The molecule has 3 fully saturated rings. The Morgan fingerprint density at radius 1 is 0.867 bits per heavy atom. The number of hydrogen-bond acceptors (Lipinski definition) is 2. The topological polar surface area (TPSA) is 15.3 Å². The van der Waals surface area contributed by atoms with E-state index in [2.05, 4.69) is 10.2 Å². The first kappa shape index (κ1) is 10.1. The van der Waals surface area contributed by atoms with E-state index < -0.39 is 0 Å². The summed E-state index contributed by atoms with van der Waals surface area (Å²) in [5, 5.41) is 3.63. The minimum absolute atomic E-state index is 0.883. The maximum absolute atomic E-state index is 3.63. The molecule has 0 heterocycles. The minimum Gasteiger partial charge on any atom is -0.313 e. The largest absolute Gasteiger partial charge is 0.313 e. The lowest BCUT2D eigenvalue weighted by Gasteiger charge is -2.22. The van der Waals surface area contributed by atoms with Crippen molar-refractivity contribution in [2.45, 2.75) is 44.6 Å². The van der Waals surface area contributed by atoms with Crippen molar-refractivity contribution >= 4 is 0 Å². The van der Waals surface area contributed by atoms with E-state index in [4.69, 9.17) is 0 Å². The van der Waals surface area contributed by atoms with Crippen molar-refractivity contribution in [3.05, 3.63) is 0 Å². The highest BCUT2D eigenvalue weighted by molar-refractivity contribution is 4.84. The second-order valence-electron chi connectivity index (χ2n) is 5.87. The molecule has 0 aromatic heterocycles. The van der Waals surface area contributed by atoms with Gasteiger partial charge >= 0.3 is 0 Å². The van der Waals surface area contributed by atoms with Gasteiger partial charge in [-0.05, 0) is 50.4 Å². The summed E-state index contributed by atoms with van der Waals surface area (Å²) in [5.41, 5.74) is 0. The van der Waals surface area contributed by atoms with Crippen LogP contribution >= 0.6 is 0 Å². The van der Waals surface area contributed by atoms with Crippen LogP contribution in [0.1, 0.15) is 38.5 Å². The fourth-order valence-corrected chi connectivity index (χ4v) is 2.30. The van der Waals surface area contributed by atoms with Crippen LogP contribution in [0.3, 0.4) is 0 Å². The van der Waals surface area contributed by atoms with Crippen LogP contribution in [0.25, 0.3) is 0 Å². The molecular weight excluding hydrogens is 184 g/mol. The number of nitrogens with one attached hydrogen (secondary N) is 1. The minimum atomic E-state index is 0.883. The van der Waals surface area contributed by atoms with Crippen LogP contribution < -0.4 is 5.32 Å². The highest BCUT2D eigenvalue weighted by Gasteiger charge is 2.29. The van der Waals surface area contributed by atoms with Gasteiger partial charge in [0.2, 0.25) is 0 Å². The molecule has 1 N–H and O–H groups in total. The van der Waals surface area contributed by atoms with Crippen molar-refractivity contribution in [1.29, 1.82) is 0 Å². The molecular formula is C13H24N2. The first-order valence-electron chi connectivity index (χ1n) is 6.86. The maximum atomic E-state index is 3.63. The first-order valence-corrected chi connectivity index (χ1v) is 6.86. The van der Waals surface area contributed by atoms with Crippen LogP contribution in [0.2, 0.25) is 0 Å². The van der Waals surface area contributed by atoms with Crippen molar-refractivity contribution in [3.63, 3.8) is 0 Å². The average Bonchev–Trinajstić information content (AvgIpc) is 3.06. The van der Waals surface area contributed by atoms with Crippen LogP contribution in [-0.2, 0) is 0 Å². The number of rotatable bonds is 8. The molecule has 0 amide bonds. The fourth-order valence-electron chi connectivity index (χ4n) is 2.30. The third-order valence-corrected chi connectivity index (χ3v) is 3.87. The molecule has 0 radical (unpaired) electrons. The van der Waals surface area contributed by atoms with Gasteiger partial charge in [-0.2, -0.15) is 0 Å². The molecule has 86 valence electrons. The summed E-state index contributed by atoms with van der Waals surface area (Å²) in [5.74, 6) is 2.12. The molecule has 0 atom stereocenters. The third kappa shape index (κ3) is 3.76. The van der Waals surface area contributed by atoms with Crippen molar-refractivity contribution in [2.75, 3.05) is 26.2 Å². The Labute approximate surface area is 93.4 Å². The molecule has 2 nitrogen and oxygen atoms in total. The van der Waals surface area contributed by atoms with E-state index in [-0.39, 0.29) is 0 Å². The van der Waals surface area contributed by atoms with Gasteiger partial charge < -0.3 is 10.2 Å². The molecule has 0 aliphatic heterocycles. The van der Waals surface area contributed by atoms with E-state index in [0.717, 1.165) is 17.9 Å². The van der Waals surface area contributed by atoms with Gasteiger partial charge in [0.1, 0.15) is 0 Å². The smallest absolute Gasteiger partial charge is 0.0107 e. The van der Waals surface area contributed by atoms with E-state index in [1.165, 1.54) is 64.7 Å². The van der Waals surface area contributed by atoms with Gasteiger partial charge in [0.05, 0.1) is 0 Å². The first-order chi connectivity index (χ1) is 7.40. The Morgan fingerprint density at radius 2 is 1.47 bits per heavy atom. The Morgan fingerprint density at radius 3 is 1.93 bits per heavy atom. The molecule has 15 heavy (non-hydrogen) atoms. The summed E-state index contributed by atoms with van der Waals surface area (Å²) in [6, 6.07) is 0.883. The molecule has 0 spiro atoms. The zero-order valence-corrected chi connectivity index (χ0v) is 9.75. The summed E-state index contributed by atoms with van der Waals surface area (Å²) >= 11 is 0. The van der Waals surface area contributed by atoms with Crippen LogP contribution in [-0.4, -0.2) is 37.1 Å². The van der Waals surface area contributed by atoms with E-state index >= 15 is 0 Å². The van der Waals surface area contributed by atoms with Crippen LogP contribution in [0.4, 0.5) is 0 Å². The monoisotopic (exact) mass is 208 g/mol. The number of hydrogen-bond donors (Lipinski definition) is 1. The Balaban J connectivity index is 1.34. The molecule has 0 aromatic rings. The average molecular weight is 208 g/mol. The van der Waals surface area contributed by atoms with E-state index in [0.29, 0.717) is 0 Å². The maximum Gasteiger partial charge on any atom is 0.0107 e. The SMILES string of the molecule is C(CN(CC1CC1)CC1CC1)NC1CC1. The second kappa shape index (κ2) is 4.42. The molecule has 0 bridgehead atoms. The van der Waals surface area contributed by atoms with Crippen LogP contribution in [0, 0.1) is 11.8 Å². The lowest BCUT2D eigenvalue weighted by Crippen LogP contribution is -2.35. The quantitative estimate of drug-likeness (QED) is 0.655. The molecule has 3 aliphatic rings. The predicted octanol–water partition coefficient (Wildman–Crippen LogP) is 1.86. The Hall–Kier alpha value is -0.0800. The third-order valence-electron chi connectivity index (χ3n) is 3.87. The molecule has 2 heteroatoms. The highest BCUT2D eigenvalue weighted by Crippen LogP contribution is 2.33. The summed E-state index contributed by atoms with van der Waals surface area (Å²) in [6.07, 6.45) is 8.83. The van der Waals surface area contributed by atoms with Gasteiger partial charge in [-0.3, -0.25) is 0 Å². The lowest BCUT2D eigenvalue weighted by molar-refractivity contribution is 0.252. The summed E-state index contributed by atoms with van der Waals surface area (Å²) in [7, 11) is 0. The van der Waals surface area contributed by atoms with E-state index in [1.54, 1.807) is 0 Å². The van der Waals surface area contributed by atoms with Crippen LogP contribution in [0.15, 0.2) is 0 Å². The lowest BCUT2D eigenvalue weighted by atomic mass is 10.3. The van der Waals surface area contributed by atoms with Gasteiger partial charge in [0.25, 0.3) is 0 Å². The van der Waals surface area contributed by atoms with Gasteiger partial charge in [-0.1, -0.05) is 0 Å². The fraction of sp³-hybridized carbons (Fsp3) is 1.00. The standard InChI is InChI=1S/C13H24N2/c1-2-11(1)9-15(10-12-3-4-12)8-7-14-13-5-6-13/h11-14H,1-10H2. The molecule has 0 unspecified atom stereocenters. The van der Waals surface area contributed by atoms with Gasteiger partial charge in [0, 0.05) is 32.2 Å². The van der Waals surface area contributed by atoms with Gasteiger partial charge in [-0.25, -0.2) is 0 Å². The molecule has 0 aromatic carbocycles. The van der Waals surface area contributed by atoms with Gasteiger partial charge in [-0.15, -0.1) is 0 Å². The summed E-state index contributed by atoms with van der Waals surface area (Å²) < 4.78 is 0.